The summed E-state index contributed by atoms with van der Waals surface area (Å²) in [7, 11) is -0.516. The molecule has 0 saturated carbocycles. The molecule has 0 amide bonds. The van der Waals surface area contributed by atoms with Crippen LogP contribution in [0.15, 0.2) is 76.4 Å². The molecular weight excluding hydrogens is 422 g/mol. The maximum atomic E-state index is 13.1. The zero-order valence-electron chi connectivity index (χ0n) is 16.7. The Balaban J connectivity index is 1.59. The number of allylic oxidation sites excluding steroid dienone is 2. The minimum absolute atomic E-state index is 0.149. The van der Waals surface area contributed by atoms with Crippen molar-refractivity contribution < 1.29 is 13.2 Å². The van der Waals surface area contributed by atoms with Gasteiger partial charge in [-0.25, -0.2) is 13.4 Å². The van der Waals surface area contributed by atoms with Crippen LogP contribution in [-0.4, -0.2) is 44.2 Å². The fourth-order valence-corrected chi connectivity index (χ4v) is 4.98. The van der Waals surface area contributed by atoms with E-state index < -0.39 is 10.0 Å². The van der Waals surface area contributed by atoms with E-state index in [0.29, 0.717) is 28.8 Å². The number of fused-ring (bicyclic) bond motifs is 2. The molecule has 4 rings (SSSR count). The number of rotatable bonds is 5. The maximum Gasteiger partial charge on any atom is 0.266 e. The summed E-state index contributed by atoms with van der Waals surface area (Å²) in [5.41, 5.74) is 2.10. The molecule has 2 aliphatic heterocycles. The number of aryl methyl sites for hydroxylation is 1. The van der Waals surface area contributed by atoms with E-state index in [4.69, 9.17) is 21.3 Å². The summed E-state index contributed by atoms with van der Waals surface area (Å²) < 4.78 is 32.6. The Morgan fingerprint density at radius 2 is 1.90 bits per heavy atom. The van der Waals surface area contributed by atoms with Gasteiger partial charge in [0.2, 0.25) is 0 Å². The summed E-state index contributed by atoms with van der Waals surface area (Å²) in [6.45, 7) is 0.697. The number of hydrogen-bond donors (Lipinski definition) is 0. The smallest absolute Gasteiger partial charge is 0.266 e. The predicted octanol–water partition coefficient (Wildman–Crippen LogP) is 4.36. The average molecular weight is 444 g/mol. The molecule has 30 heavy (non-hydrogen) atoms. The monoisotopic (exact) mass is 443 g/mol. The second kappa shape index (κ2) is 8.16. The molecule has 0 radical (unpaired) electrons. The van der Waals surface area contributed by atoms with Crippen LogP contribution in [0.5, 0.6) is 5.75 Å². The van der Waals surface area contributed by atoms with E-state index in [2.05, 4.69) is 12.1 Å². The molecule has 2 aromatic carbocycles. The number of hydrogen-bond acceptors (Lipinski definition) is 5. The van der Waals surface area contributed by atoms with Gasteiger partial charge < -0.3 is 9.64 Å². The third-order valence-electron chi connectivity index (χ3n) is 5.17. The molecule has 0 fully saturated rings. The Morgan fingerprint density at radius 3 is 2.63 bits per heavy atom. The highest BCUT2D eigenvalue weighted by molar-refractivity contribution is 7.89. The van der Waals surface area contributed by atoms with E-state index in [1.54, 1.807) is 32.4 Å². The van der Waals surface area contributed by atoms with Crippen LogP contribution in [0.3, 0.4) is 0 Å². The van der Waals surface area contributed by atoms with E-state index in [1.807, 2.05) is 29.3 Å². The van der Waals surface area contributed by atoms with Crippen LogP contribution in [0.4, 0.5) is 5.69 Å². The first-order valence-electron chi connectivity index (χ1n) is 9.56. The molecule has 0 atom stereocenters. The number of likely N-dealkylation sites (N-methyl/N-ethyl adjacent to an activating group) is 1. The second-order valence-electron chi connectivity index (χ2n) is 7.06. The molecule has 0 aromatic heterocycles. The Hall–Kier alpha value is -2.77. The summed E-state index contributed by atoms with van der Waals surface area (Å²) in [5, 5.41) is 0.445. The summed E-state index contributed by atoms with van der Waals surface area (Å²) in [6.07, 6.45) is 7.30. The van der Waals surface area contributed by atoms with Crippen LogP contribution in [0.2, 0.25) is 5.02 Å². The van der Waals surface area contributed by atoms with Crippen molar-refractivity contribution in [1.29, 1.82) is 0 Å². The molecule has 6 nitrogen and oxygen atoms in total. The lowest BCUT2D eigenvalue weighted by Gasteiger charge is -2.29. The maximum absolute atomic E-state index is 13.1. The van der Waals surface area contributed by atoms with Crippen molar-refractivity contribution in [2.45, 2.75) is 17.7 Å². The van der Waals surface area contributed by atoms with Crippen molar-refractivity contribution in [2.75, 3.05) is 20.7 Å². The van der Waals surface area contributed by atoms with E-state index in [1.165, 1.54) is 15.9 Å². The fourth-order valence-electron chi connectivity index (χ4n) is 3.51. The molecule has 0 bridgehead atoms. The molecule has 0 N–H and O–H groups in total. The Labute approximate surface area is 181 Å². The first-order valence-corrected chi connectivity index (χ1v) is 11.4. The molecule has 2 aliphatic rings. The Morgan fingerprint density at radius 1 is 1.13 bits per heavy atom. The molecule has 2 aromatic rings. The van der Waals surface area contributed by atoms with Gasteiger partial charge in [0.05, 0.1) is 18.5 Å². The van der Waals surface area contributed by atoms with Crippen molar-refractivity contribution in [2.24, 2.45) is 4.99 Å². The minimum atomic E-state index is -3.72. The van der Waals surface area contributed by atoms with Gasteiger partial charge in [-0.2, -0.15) is 0 Å². The number of amidine groups is 1. The average Bonchev–Trinajstić information content (AvgIpc) is 2.82. The molecule has 8 heteroatoms. The Kier molecular flexibility index (Phi) is 5.58. The summed E-state index contributed by atoms with van der Waals surface area (Å²) in [4.78, 5) is 6.83. The predicted molar refractivity (Wildman–Crippen MR) is 119 cm³/mol. The van der Waals surface area contributed by atoms with Crippen LogP contribution in [-0.2, 0) is 16.4 Å². The van der Waals surface area contributed by atoms with Gasteiger partial charge in [-0.05, 0) is 60.9 Å². The number of methoxy groups -OCH3 is 1. The van der Waals surface area contributed by atoms with Gasteiger partial charge in [0.15, 0.2) is 5.84 Å². The van der Waals surface area contributed by atoms with Gasteiger partial charge in [0, 0.05) is 24.8 Å². The van der Waals surface area contributed by atoms with Crippen LogP contribution in [0, 0.1) is 0 Å². The van der Waals surface area contributed by atoms with Crippen LogP contribution < -0.4 is 4.74 Å². The van der Waals surface area contributed by atoms with E-state index in [0.717, 1.165) is 18.6 Å². The van der Waals surface area contributed by atoms with Crippen LogP contribution >= 0.6 is 11.6 Å². The molecular formula is C22H22ClN3O3S. The molecule has 156 valence electrons. The summed E-state index contributed by atoms with van der Waals surface area (Å²) in [5.74, 6) is 1.43. The van der Waals surface area contributed by atoms with Crippen molar-refractivity contribution in [3.05, 3.63) is 77.1 Å². The van der Waals surface area contributed by atoms with E-state index in [9.17, 15) is 8.42 Å². The van der Waals surface area contributed by atoms with Gasteiger partial charge in [-0.15, -0.1) is 0 Å². The second-order valence-corrected chi connectivity index (χ2v) is 9.43. The zero-order valence-corrected chi connectivity index (χ0v) is 18.3. The normalized spacial score (nSPS) is 16.9. The van der Waals surface area contributed by atoms with E-state index >= 15 is 0 Å². The number of aliphatic imine (C=N–C) groups is 1. The lowest BCUT2D eigenvalue weighted by Crippen LogP contribution is -2.37. The van der Waals surface area contributed by atoms with Crippen molar-refractivity contribution in [3.8, 4) is 5.75 Å². The standard InChI is InChI=1S/C22H22ClN3O3S/c1-25-20-6-4-14-26(13-3-5-16-7-10-18(29-2)11-8-16)22(20)24-19-15-17(23)9-12-21(19)30(25,27)28/h4,6-12,14-15H,3,5,13H2,1-2H3. The largest absolute Gasteiger partial charge is 0.497 e. The summed E-state index contributed by atoms with van der Waals surface area (Å²) in [6, 6.07) is 12.7. The van der Waals surface area contributed by atoms with Gasteiger partial charge in [-0.1, -0.05) is 23.7 Å². The number of benzene rings is 2. The molecule has 0 saturated heterocycles. The van der Waals surface area contributed by atoms with Crippen molar-refractivity contribution >= 4 is 33.1 Å². The van der Waals surface area contributed by atoms with Gasteiger partial charge in [0.1, 0.15) is 10.6 Å². The number of halogens is 1. The van der Waals surface area contributed by atoms with Crippen molar-refractivity contribution in [3.63, 3.8) is 0 Å². The molecule has 0 aliphatic carbocycles. The SMILES string of the molecule is COc1ccc(CCCN2C=CC=C3C2=Nc2cc(Cl)ccc2S(=O)(=O)N3C)cc1. The number of ether oxygens (including phenoxy) is 1. The highest BCUT2D eigenvalue weighted by Crippen LogP contribution is 2.36. The molecule has 2 heterocycles. The summed E-state index contributed by atoms with van der Waals surface area (Å²) >= 11 is 6.12. The fraction of sp³-hybridized carbons (Fsp3) is 0.227. The van der Waals surface area contributed by atoms with Gasteiger partial charge >= 0.3 is 0 Å². The third-order valence-corrected chi connectivity index (χ3v) is 7.22. The molecule has 0 spiro atoms. The number of nitrogens with zero attached hydrogens (tertiary/aromatic N) is 3. The lowest BCUT2D eigenvalue weighted by molar-refractivity contribution is 0.414. The zero-order chi connectivity index (χ0) is 21.3. The topological polar surface area (TPSA) is 62.2 Å². The minimum Gasteiger partial charge on any atom is -0.497 e. The lowest BCUT2D eigenvalue weighted by atomic mass is 10.1. The van der Waals surface area contributed by atoms with Gasteiger partial charge in [-0.3, -0.25) is 4.31 Å². The van der Waals surface area contributed by atoms with Crippen LogP contribution in [0.25, 0.3) is 0 Å². The highest BCUT2D eigenvalue weighted by atomic mass is 35.5. The van der Waals surface area contributed by atoms with Crippen LogP contribution in [0.1, 0.15) is 12.0 Å². The third kappa shape index (κ3) is 3.82. The van der Waals surface area contributed by atoms with E-state index in [-0.39, 0.29) is 4.90 Å². The first kappa shape index (κ1) is 20.5. The highest BCUT2D eigenvalue weighted by Gasteiger charge is 2.33. The van der Waals surface area contributed by atoms with Gasteiger partial charge in [0.25, 0.3) is 10.0 Å². The molecule has 0 unspecified atom stereocenters. The first-order chi connectivity index (χ1) is 14.4. The Bertz CT molecular complexity index is 1150. The number of sulfonamides is 1. The van der Waals surface area contributed by atoms with Crippen molar-refractivity contribution in [1.82, 2.24) is 9.21 Å². The quantitative estimate of drug-likeness (QED) is 0.688.